The molecule has 3 heterocycles. The third-order valence-corrected chi connectivity index (χ3v) is 9.77. The molecular weight excluding hydrogens is 639 g/mol. The summed E-state index contributed by atoms with van der Waals surface area (Å²) in [6.07, 6.45) is 3.76. The number of aromatic nitrogens is 2. The van der Waals surface area contributed by atoms with E-state index in [0.29, 0.717) is 30.0 Å². The lowest BCUT2D eigenvalue weighted by Gasteiger charge is -2.24. The molecule has 0 saturated carbocycles. The average Bonchev–Trinajstić information content (AvgIpc) is 3.74. The molecule has 0 bridgehead atoms. The fourth-order valence-electron chi connectivity index (χ4n) is 5.80. The molecule has 0 aliphatic heterocycles. The normalized spacial score (nSPS) is 12.7. The predicted octanol–water partition coefficient (Wildman–Crippen LogP) is 4.15. The van der Waals surface area contributed by atoms with Gasteiger partial charge in [0, 0.05) is 31.1 Å². The number of imidazole rings is 1. The lowest BCUT2D eigenvalue weighted by Crippen LogP contribution is -3.11. The molecule has 0 radical (unpaired) electrons. The lowest BCUT2D eigenvalue weighted by atomic mass is 9.97. The molecule has 1 amide bonds. The van der Waals surface area contributed by atoms with Crippen LogP contribution in [0.2, 0.25) is 0 Å². The summed E-state index contributed by atoms with van der Waals surface area (Å²) < 4.78 is 1.98. The van der Waals surface area contributed by atoms with E-state index >= 15 is 0 Å². The summed E-state index contributed by atoms with van der Waals surface area (Å²) in [5, 5.41) is 22.5. The number of rotatable bonds is 16. The summed E-state index contributed by atoms with van der Waals surface area (Å²) in [5.41, 5.74) is 5.63. The molecule has 12 heteroatoms. The number of pyridine rings is 1. The first-order valence-electron chi connectivity index (χ1n) is 16.2. The van der Waals surface area contributed by atoms with Crippen LogP contribution >= 0.6 is 11.3 Å². The largest absolute Gasteiger partial charge is 0.345 e. The first kappa shape index (κ1) is 35.3. The second-order valence-corrected chi connectivity index (χ2v) is 13.8. The van der Waals surface area contributed by atoms with E-state index in [1.807, 2.05) is 87.3 Å². The molecule has 2 aromatic carbocycles. The number of nitro groups is 1. The van der Waals surface area contributed by atoms with Gasteiger partial charge in [-0.2, -0.15) is 0 Å². The zero-order valence-electron chi connectivity index (χ0n) is 28.2. The van der Waals surface area contributed by atoms with Crippen LogP contribution in [0, 0.1) is 15.5 Å². The van der Waals surface area contributed by atoms with Gasteiger partial charge >= 0.3 is 5.00 Å². The maximum Gasteiger partial charge on any atom is 0.324 e. The molecule has 3 aromatic heterocycles. The van der Waals surface area contributed by atoms with Crippen molar-refractivity contribution >= 4 is 39.4 Å². The fourth-order valence-corrected chi connectivity index (χ4v) is 6.54. The fraction of sp³-hybridized carbons (Fsp3) is 0.297. The third kappa shape index (κ3) is 9.11. The number of hydrogen-bond acceptors (Lipinski definition) is 8. The molecule has 0 unspecified atom stereocenters. The number of thiophene rings is 1. The lowest BCUT2D eigenvalue weighted by molar-refractivity contribution is -0.884. The molecule has 11 nitrogen and oxygen atoms in total. The first-order valence-corrected chi connectivity index (χ1v) is 17.0. The van der Waals surface area contributed by atoms with Gasteiger partial charge in [-0.25, -0.2) is 4.98 Å². The Labute approximate surface area is 289 Å². The van der Waals surface area contributed by atoms with E-state index in [-0.39, 0.29) is 40.9 Å². The topological polar surface area (TPSA) is 138 Å². The minimum Gasteiger partial charge on any atom is -0.345 e. The zero-order chi connectivity index (χ0) is 35.1. The number of benzene rings is 2. The highest BCUT2D eigenvalue weighted by atomic mass is 32.1. The Morgan fingerprint density at radius 2 is 1.73 bits per heavy atom. The van der Waals surface area contributed by atoms with Crippen molar-refractivity contribution in [1.29, 1.82) is 5.41 Å². The van der Waals surface area contributed by atoms with Crippen molar-refractivity contribution in [1.82, 2.24) is 19.6 Å². The smallest absolute Gasteiger partial charge is 0.324 e. The Bertz CT molecular complexity index is 1950. The molecule has 254 valence electrons. The van der Waals surface area contributed by atoms with E-state index in [9.17, 15) is 19.7 Å². The van der Waals surface area contributed by atoms with Crippen LogP contribution in [-0.2, 0) is 24.1 Å². The molecule has 3 N–H and O–H groups in total. The number of nitrogens with zero attached hydrogens (tertiary/aromatic N) is 4. The quantitative estimate of drug-likeness (QED) is 0.0814. The first-order chi connectivity index (χ1) is 23.5. The van der Waals surface area contributed by atoms with E-state index in [4.69, 9.17) is 10.4 Å². The Kier molecular flexibility index (Phi) is 11.4. The van der Waals surface area contributed by atoms with Crippen molar-refractivity contribution in [3.05, 3.63) is 123 Å². The van der Waals surface area contributed by atoms with E-state index in [2.05, 4.69) is 34.5 Å². The summed E-state index contributed by atoms with van der Waals surface area (Å²) in [5.74, 6) is -0.549. The summed E-state index contributed by atoms with van der Waals surface area (Å²) in [4.78, 5) is 44.7. The number of Topliss-reactive ketones (excluding diaryl/α,β-unsaturated/α-hetero) is 1. The van der Waals surface area contributed by atoms with Crippen molar-refractivity contribution in [3.8, 4) is 11.3 Å². The molecule has 0 aliphatic rings. The van der Waals surface area contributed by atoms with E-state index in [1.54, 1.807) is 0 Å². The molecule has 49 heavy (non-hydrogen) atoms. The Balaban J connectivity index is 1.26. The van der Waals surface area contributed by atoms with Crippen LogP contribution < -0.4 is 10.2 Å². The van der Waals surface area contributed by atoms with Gasteiger partial charge in [-0.1, -0.05) is 65.9 Å². The highest BCUT2D eigenvalue weighted by Gasteiger charge is 2.22. The molecule has 5 aromatic rings. The average molecular weight is 681 g/mol. The maximum absolute atomic E-state index is 13.2. The number of hydrogen-bond donors (Lipinski definition) is 3. The van der Waals surface area contributed by atoms with Crippen LogP contribution in [0.4, 0.5) is 5.00 Å². The minimum absolute atomic E-state index is 0.0359. The van der Waals surface area contributed by atoms with Crippen LogP contribution in [0.25, 0.3) is 16.9 Å². The predicted molar refractivity (Wildman–Crippen MR) is 193 cm³/mol. The van der Waals surface area contributed by atoms with Crippen molar-refractivity contribution < 1.29 is 19.4 Å². The van der Waals surface area contributed by atoms with E-state index < -0.39 is 4.92 Å². The highest BCUT2D eigenvalue weighted by Crippen LogP contribution is 2.25. The second kappa shape index (κ2) is 15.9. The second-order valence-electron chi connectivity index (χ2n) is 12.7. The van der Waals surface area contributed by atoms with Gasteiger partial charge in [0.2, 0.25) is 0 Å². The summed E-state index contributed by atoms with van der Waals surface area (Å²) in [7, 11) is 8.03. The highest BCUT2D eigenvalue weighted by molar-refractivity contribution is 7.17. The Morgan fingerprint density at radius 1 is 1.00 bits per heavy atom. The molecule has 2 atom stereocenters. The number of nitrogens with one attached hydrogen (secondary N) is 3. The summed E-state index contributed by atoms with van der Waals surface area (Å²) in [6, 6.07) is 27.2. The van der Waals surface area contributed by atoms with Crippen LogP contribution in [-0.4, -0.2) is 83.4 Å². The number of fused-ring (bicyclic) bond motifs is 1. The van der Waals surface area contributed by atoms with Crippen LogP contribution in [0.5, 0.6) is 0 Å². The molecule has 0 saturated heterocycles. The molecule has 0 spiro atoms. The van der Waals surface area contributed by atoms with E-state index in [1.165, 1.54) is 17.7 Å². The van der Waals surface area contributed by atoms with Gasteiger partial charge in [0.1, 0.15) is 11.7 Å². The number of amides is 1. The molecule has 5 rings (SSSR count). The standard InChI is InChI=1S/C37H41N7O4S/c1-41(2)29(19-25-10-6-5-7-11-25)22-31(38)33(45)21-28-24-43-32(14-9-15-35(43)40-28)27-13-8-12-26(18-27)20-30(42(3)4)23-39-37(46)34-16-17-36(49-34)44(47)48/h5-18,24,29-30,38H,19-23H2,1-4H3,(H,39,46)/p+1/t29-,30-/m0/s1. The van der Waals surface area contributed by atoms with Gasteiger partial charge in [-0.15, -0.1) is 0 Å². The monoisotopic (exact) mass is 680 g/mol. The zero-order valence-corrected chi connectivity index (χ0v) is 29.0. The SMILES string of the molecule is CN(C)[C@H](CC(=N)C(=O)Cc1cn2c(-c3cccc(C[C@@H](CNC(=O)c4ccc([N+](=O)[O-])s4)[NH+](C)C)c3)cccc2n1)Cc1ccccc1. The number of quaternary nitrogens is 1. The summed E-state index contributed by atoms with van der Waals surface area (Å²) >= 11 is 0.867. The summed E-state index contributed by atoms with van der Waals surface area (Å²) in [6.45, 7) is 0.405. The third-order valence-electron chi connectivity index (χ3n) is 8.73. The molecule has 0 fully saturated rings. The van der Waals surface area contributed by atoms with Gasteiger partial charge < -0.3 is 20.5 Å². The van der Waals surface area contributed by atoms with E-state index in [0.717, 1.165) is 45.1 Å². The van der Waals surface area contributed by atoms with Crippen molar-refractivity contribution in [2.45, 2.75) is 37.8 Å². The molecular formula is C37H42N7O4S+. The Hall–Kier alpha value is -5.04. The number of likely N-dealkylation sites (N-methyl/N-ethyl adjacent to an activating group) is 2. The number of ketones is 1. The minimum atomic E-state index is -0.493. The van der Waals surface area contributed by atoms with Crippen LogP contribution in [0.3, 0.4) is 0 Å². The number of carbonyl (C=O) groups is 2. The van der Waals surface area contributed by atoms with Gasteiger partial charge in [0.15, 0.2) is 5.78 Å². The van der Waals surface area contributed by atoms with Crippen LogP contribution in [0.15, 0.2) is 91.1 Å². The number of carbonyl (C=O) groups excluding carboxylic acids is 2. The van der Waals surface area contributed by atoms with Gasteiger partial charge in [-0.3, -0.25) is 24.1 Å². The van der Waals surface area contributed by atoms with Crippen LogP contribution in [0.1, 0.15) is 32.9 Å². The Morgan fingerprint density at radius 3 is 2.43 bits per heavy atom. The molecule has 0 aliphatic carbocycles. The van der Waals surface area contributed by atoms with Crippen molar-refractivity contribution in [2.75, 3.05) is 34.7 Å². The van der Waals surface area contributed by atoms with Crippen molar-refractivity contribution in [2.24, 2.45) is 0 Å². The van der Waals surface area contributed by atoms with Gasteiger partial charge in [-0.05, 0) is 61.5 Å². The van der Waals surface area contributed by atoms with Crippen molar-refractivity contribution in [3.63, 3.8) is 0 Å². The van der Waals surface area contributed by atoms with Gasteiger partial charge in [0.25, 0.3) is 5.91 Å². The van der Waals surface area contributed by atoms with Gasteiger partial charge in [0.05, 0.1) is 54.0 Å². The maximum atomic E-state index is 13.2.